The van der Waals surface area contributed by atoms with Crippen LogP contribution in [0.15, 0.2) is 84.9 Å². The van der Waals surface area contributed by atoms with E-state index in [1.165, 1.54) is 0 Å². The summed E-state index contributed by atoms with van der Waals surface area (Å²) < 4.78 is 23.8. The first-order valence-corrected chi connectivity index (χ1v) is 16.4. The standard InChI is InChI=1S/C41H48O6/c1-28-24-30(3)36(31(4)25-28)38(42)40(34-14-9-7-10-15-34)46-19-13-18-44-20-21-45-22-23-47-41(35-16-11-8-12-17-35)39(43)37-32(5)26-29(2)27-33(37)6/h7-12,14-17,24-27,40-41H,13,18-23H2,1-6H3. The Labute approximate surface area is 280 Å². The van der Waals surface area contributed by atoms with Crippen LogP contribution in [0.4, 0.5) is 0 Å². The maximum atomic E-state index is 13.7. The molecule has 0 saturated carbocycles. The fraction of sp³-hybridized carbons (Fsp3) is 0.366. The van der Waals surface area contributed by atoms with Crippen molar-refractivity contribution in [1.82, 2.24) is 0 Å². The molecular weight excluding hydrogens is 588 g/mol. The second-order valence-corrected chi connectivity index (χ2v) is 12.2. The van der Waals surface area contributed by atoms with Crippen LogP contribution >= 0.6 is 0 Å². The number of aryl methyl sites for hydroxylation is 6. The zero-order valence-corrected chi connectivity index (χ0v) is 28.6. The molecule has 0 amide bonds. The molecule has 6 heteroatoms. The Balaban J connectivity index is 1.20. The van der Waals surface area contributed by atoms with Gasteiger partial charge in [0, 0.05) is 17.7 Å². The first-order chi connectivity index (χ1) is 22.7. The molecule has 0 spiro atoms. The number of carbonyl (C=O) groups is 2. The van der Waals surface area contributed by atoms with Crippen molar-refractivity contribution < 1.29 is 28.5 Å². The molecule has 47 heavy (non-hydrogen) atoms. The van der Waals surface area contributed by atoms with Crippen LogP contribution < -0.4 is 0 Å². The van der Waals surface area contributed by atoms with E-state index in [-0.39, 0.29) is 18.2 Å². The van der Waals surface area contributed by atoms with E-state index in [0.717, 1.165) is 50.1 Å². The van der Waals surface area contributed by atoms with Gasteiger partial charge in [0.1, 0.15) is 12.2 Å². The van der Waals surface area contributed by atoms with E-state index in [4.69, 9.17) is 18.9 Å². The van der Waals surface area contributed by atoms with Crippen molar-refractivity contribution in [2.45, 2.75) is 60.2 Å². The monoisotopic (exact) mass is 636 g/mol. The molecule has 4 aromatic carbocycles. The van der Waals surface area contributed by atoms with E-state index in [9.17, 15) is 9.59 Å². The highest BCUT2D eigenvalue weighted by molar-refractivity contribution is 6.03. The Kier molecular flexibility index (Phi) is 13.6. The van der Waals surface area contributed by atoms with Gasteiger partial charge >= 0.3 is 0 Å². The van der Waals surface area contributed by atoms with Gasteiger partial charge < -0.3 is 18.9 Å². The van der Waals surface area contributed by atoms with E-state index in [0.29, 0.717) is 45.0 Å². The van der Waals surface area contributed by atoms with Gasteiger partial charge in [0.05, 0.1) is 33.0 Å². The summed E-state index contributed by atoms with van der Waals surface area (Å²) in [4.78, 5) is 27.3. The van der Waals surface area contributed by atoms with Crippen LogP contribution in [0.1, 0.15) is 83.9 Å². The van der Waals surface area contributed by atoms with Gasteiger partial charge in [0.15, 0.2) is 11.6 Å². The molecule has 0 aliphatic carbocycles. The Hall–Kier alpha value is -3.94. The predicted octanol–water partition coefficient (Wildman–Crippen LogP) is 8.54. The molecule has 0 aromatic heterocycles. The number of benzene rings is 4. The highest BCUT2D eigenvalue weighted by atomic mass is 16.5. The fourth-order valence-electron chi connectivity index (χ4n) is 6.21. The highest BCUT2D eigenvalue weighted by Gasteiger charge is 2.27. The van der Waals surface area contributed by atoms with Crippen LogP contribution in [0.3, 0.4) is 0 Å². The summed E-state index contributed by atoms with van der Waals surface area (Å²) in [6.07, 6.45) is -0.740. The Bertz CT molecular complexity index is 1450. The minimum atomic E-state index is -0.707. The van der Waals surface area contributed by atoms with Crippen molar-refractivity contribution >= 4 is 11.6 Å². The number of ketones is 2. The largest absolute Gasteiger partial charge is 0.379 e. The van der Waals surface area contributed by atoms with Crippen molar-refractivity contribution in [3.63, 3.8) is 0 Å². The molecule has 0 aliphatic heterocycles. The third-order valence-electron chi connectivity index (χ3n) is 8.13. The van der Waals surface area contributed by atoms with Gasteiger partial charge in [-0.05, 0) is 81.3 Å². The SMILES string of the molecule is Cc1cc(C)c(C(=O)C(OCCCOCCOCCOC(C(=O)c2c(C)cc(C)cc2C)c2ccccc2)c2ccccc2)c(C)c1. The molecule has 0 fully saturated rings. The summed E-state index contributed by atoms with van der Waals surface area (Å²) in [6.45, 7) is 14.3. The van der Waals surface area contributed by atoms with E-state index >= 15 is 0 Å². The van der Waals surface area contributed by atoms with Gasteiger partial charge in [-0.3, -0.25) is 9.59 Å². The lowest BCUT2D eigenvalue weighted by Gasteiger charge is -2.20. The topological polar surface area (TPSA) is 71.1 Å². The van der Waals surface area contributed by atoms with Gasteiger partial charge in [-0.2, -0.15) is 0 Å². The van der Waals surface area contributed by atoms with Crippen molar-refractivity contribution in [1.29, 1.82) is 0 Å². The van der Waals surface area contributed by atoms with E-state index in [1.807, 2.05) is 126 Å². The molecule has 0 saturated heterocycles. The molecule has 4 rings (SSSR count). The van der Waals surface area contributed by atoms with E-state index in [1.54, 1.807) is 0 Å². The lowest BCUT2D eigenvalue weighted by atomic mass is 9.92. The van der Waals surface area contributed by atoms with Crippen LogP contribution in [-0.4, -0.2) is 51.2 Å². The Morgan fingerprint density at radius 2 is 0.851 bits per heavy atom. The van der Waals surface area contributed by atoms with Crippen molar-refractivity contribution in [2.24, 2.45) is 0 Å². The quantitative estimate of drug-likeness (QED) is 0.0805. The lowest BCUT2D eigenvalue weighted by molar-refractivity contribution is -0.0109. The van der Waals surface area contributed by atoms with Crippen LogP contribution in [-0.2, 0) is 18.9 Å². The van der Waals surface area contributed by atoms with Gasteiger partial charge in [0.25, 0.3) is 0 Å². The maximum Gasteiger partial charge on any atom is 0.196 e. The average Bonchev–Trinajstić information content (AvgIpc) is 3.03. The van der Waals surface area contributed by atoms with Gasteiger partial charge in [-0.1, -0.05) is 96.1 Å². The molecule has 0 heterocycles. The molecule has 248 valence electrons. The van der Waals surface area contributed by atoms with Crippen LogP contribution in [0.25, 0.3) is 0 Å². The second kappa shape index (κ2) is 17.8. The lowest BCUT2D eigenvalue weighted by Crippen LogP contribution is -2.21. The number of hydrogen-bond acceptors (Lipinski definition) is 6. The summed E-state index contributed by atoms with van der Waals surface area (Å²) >= 11 is 0. The van der Waals surface area contributed by atoms with Crippen LogP contribution in [0.2, 0.25) is 0 Å². The van der Waals surface area contributed by atoms with Gasteiger partial charge in [-0.15, -0.1) is 0 Å². The fourth-order valence-corrected chi connectivity index (χ4v) is 6.21. The minimum Gasteiger partial charge on any atom is -0.379 e. The molecule has 0 N–H and O–H groups in total. The van der Waals surface area contributed by atoms with E-state index in [2.05, 4.69) is 0 Å². The van der Waals surface area contributed by atoms with Crippen molar-refractivity contribution in [3.8, 4) is 0 Å². The van der Waals surface area contributed by atoms with Crippen molar-refractivity contribution in [3.05, 3.63) is 141 Å². The summed E-state index contributed by atoms with van der Waals surface area (Å²) in [7, 11) is 0. The molecule has 0 aliphatic rings. The highest BCUT2D eigenvalue weighted by Crippen LogP contribution is 2.28. The smallest absolute Gasteiger partial charge is 0.196 e. The van der Waals surface area contributed by atoms with Crippen LogP contribution in [0.5, 0.6) is 0 Å². The van der Waals surface area contributed by atoms with Gasteiger partial charge in [-0.25, -0.2) is 0 Å². The zero-order valence-electron chi connectivity index (χ0n) is 28.6. The number of ether oxygens (including phenoxy) is 4. The van der Waals surface area contributed by atoms with Crippen LogP contribution in [0, 0.1) is 41.5 Å². The van der Waals surface area contributed by atoms with Crippen molar-refractivity contribution in [2.75, 3.05) is 39.6 Å². The molecule has 2 unspecified atom stereocenters. The Morgan fingerprint density at radius 3 is 1.28 bits per heavy atom. The number of Topliss-reactive ketones (excluding diaryl/α,β-unsaturated/α-hetero) is 2. The summed E-state index contributed by atoms with van der Waals surface area (Å²) in [5, 5.41) is 0. The van der Waals surface area contributed by atoms with Gasteiger partial charge in [0.2, 0.25) is 0 Å². The summed E-state index contributed by atoms with van der Waals surface area (Å²) in [5.41, 5.74) is 9.20. The second-order valence-electron chi connectivity index (χ2n) is 12.2. The normalized spacial score (nSPS) is 12.6. The molecule has 6 nitrogen and oxygen atoms in total. The predicted molar refractivity (Wildman–Crippen MR) is 186 cm³/mol. The molecule has 2 atom stereocenters. The molecule has 0 radical (unpaired) electrons. The third-order valence-corrected chi connectivity index (χ3v) is 8.13. The minimum absolute atomic E-state index is 0.0249. The number of hydrogen-bond donors (Lipinski definition) is 0. The first kappa shape index (κ1) is 35.9. The third kappa shape index (κ3) is 10.0. The zero-order chi connectivity index (χ0) is 33.8. The first-order valence-electron chi connectivity index (χ1n) is 16.4. The molecular formula is C41H48O6. The number of carbonyl (C=O) groups excluding carboxylic acids is 2. The molecule has 0 bridgehead atoms. The summed E-state index contributed by atoms with van der Waals surface area (Å²) in [6, 6.07) is 27.4. The Morgan fingerprint density at radius 1 is 0.489 bits per heavy atom. The summed E-state index contributed by atoms with van der Waals surface area (Å²) in [5.74, 6) is -0.0693. The van der Waals surface area contributed by atoms with E-state index < -0.39 is 12.2 Å². The number of rotatable bonds is 18. The average molecular weight is 637 g/mol. The maximum absolute atomic E-state index is 13.7. The molecule has 4 aromatic rings.